The van der Waals surface area contributed by atoms with Crippen molar-refractivity contribution in [2.45, 2.75) is 36.3 Å². The van der Waals surface area contributed by atoms with Crippen LogP contribution in [-0.4, -0.2) is 22.4 Å². The minimum atomic E-state index is 0.226. The summed E-state index contributed by atoms with van der Waals surface area (Å²) in [5.41, 5.74) is 11.1. The lowest BCUT2D eigenvalue weighted by Crippen LogP contribution is -2.28. The highest BCUT2D eigenvalue weighted by molar-refractivity contribution is 8.01. The van der Waals surface area contributed by atoms with E-state index in [4.69, 9.17) is 16.9 Å². The molecule has 0 spiro atoms. The van der Waals surface area contributed by atoms with Gasteiger partial charge in [0.1, 0.15) is 5.84 Å². The van der Waals surface area contributed by atoms with Crippen LogP contribution in [-0.2, 0) is 0 Å². The van der Waals surface area contributed by atoms with Gasteiger partial charge in [-0.1, -0.05) is 0 Å². The van der Waals surface area contributed by atoms with Crippen molar-refractivity contribution in [1.29, 1.82) is 5.41 Å². The van der Waals surface area contributed by atoms with Crippen LogP contribution in [0.3, 0.4) is 0 Å². The number of amidine groups is 1. The average molecular weight is 173 g/mol. The molecule has 2 unspecified atom stereocenters. The second kappa shape index (κ2) is 3.45. The van der Waals surface area contributed by atoms with E-state index in [1.54, 1.807) is 11.8 Å². The summed E-state index contributed by atoms with van der Waals surface area (Å²) in [6, 6.07) is 0.226. The Hall–Kier alpha value is -0.220. The molecule has 11 heavy (non-hydrogen) atoms. The van der Waals surface area contributed by atoms with Crippen molar-refractivity contribution in [2.75, 3.05) is 0 Å². The van der Waals surface area contributed by atoms with Gasteiger partial charge in [-0.3, -0.25) is 5.41 Å². The molecule has 0 aromatic heterocycles. The molecule has 4 heteroatoms. The van der Waals surface area contributed by atoms with Gasteiger partial charge in [-0.15, -0.1) is 11.8 Å². The van der Waals surface area contributed by atoms with Gasteiger partial charge in [0, 0.05) is 11.3 Å². The Morgan fingerprint density at radius 2 is 2.27 bits per heavy atom. The van der Waals surface area contributed by atoms with Crippen molar-refractivity contribution in [3.05, 3.63) is 0 Å². The second-order valence-electron chi connectivity index (χ2n) is 3.05. The van der Waals surface area contributed by atoms with Crippen LogP contribution in [0.2, 0.25) is 0 Å². The van der Waals surface area contributed by atoms with Crippen LogP contribution >= 0.6 is 11.8 Å². The fourth-order valence-corrected chi connectivity index (χ4v) is 2.64. The zero-order valence-electron chi connectivity index (χ0n) is 6.71. The first-order chi connectivity index (χ1) is 5.11. The van der Waals surface area contributed by atoms with Crippen molar-refractivity contribution < 1.29 is 0 Å². The molecule has 0 radical (unpaired) electrons. The summed E-state index contributed by atoms with van der Waals surface area (Å²) < 4.78 is 0. The van der Waals surface area contributed by atoms with Crippen LogP contribution < -0.4 is 11.5 Å². The van der Waals surface area contributed by atoms with Crippen LogP contribution in [0.4, 0.5) is 0 Å². The van der Waals surface area contributed by atoms with Crippen LogP contribution in [0.5, 0.6) is 0 Å². The lowest BCUT2D eigenvalue weighted by molar-refractivity contribution is 0.653. The molecule has 0 amide bonds. The highest BCUT2D eigenvalue weighted by Crippen LogP contribution is 2.34. The molecule has 1 saturated heterocycles. The summed E-state index contributed by atoms with van der Waals surface area (Å²) in [6.45, 7) is 2.01. The van der Waals surface area contributed by atoms with Crippen LogP contribution in [0, 0.1) is 5.41 Å². The van der Waals surface area contributed by atoms with Crippen LogP contribution in [0.15, 0.2) is 0 Å². The SMILES string of the molecule is C[C@@H](N)C1CCC(C(=N)N)S1. The van der Waals surface area contributed by atoms with E-state index in [-0.39, 0.29) is 11.3 Å². The highest BCUT2D eigenvalue weighted by atomic mass is 32.2. The largest absolute Gasteiger partial charge is 0.387 e. The maximum atomic E-state index is 7.24. The molecule has 0 aromatic carbocycles. The maximum Gasteiger partial charge on any atom is 0.104 e. The first kappa shape index (κ1) is 8.87. The predicted octanol–water partition coefficient (Wildman–Crippen LogP) is 0.534. The monoisotopic (exact) mass is 173 g/mol. The van der Waals surface area contributed by atoms with Gasteiger partial charge < -0.3 is 11.5 Å². The van der Waals surface area contributed by atoms with Crippen molar-refractivity contribution >= 4 is 17.6 Å². The first-order valence-corrected chi connectivity index (χ1v) is 4.80. The van der Waals surface area contributed by atoms with Crippen molar-refractivity contribution in [1.82, 2.24) is 0 Å². The lowest BCUT2D eigenvalue weighted by atomic mass is 10.1. The zero-order valence-corrected chi connectivity index (χ0v) is 7.53. The third kappa shape index (κ3) is 2.10. The van der Waals surface area contributed by atoms with E-state index in [0.29, 0.717) is 11.1 Å². The van der Waals surface area contributed by atoms with Gasteiger partial charge in [0.2, 0.25) is 0 Å². The summed E-state index contributed by atoms with van der Waals surface area (Å²) in [7, 11) is 0. The molecule has 1 heterocycles. The van der Waals surface area contributed by atoms with E-state index in [1.165, 1.54) is 0 Å². The van der Waals surface area contributed by atoms with Gasteiger partial charge in [0.15, 0.2) is 0 Å². The number of hydrogen-bond donors (Lipinski definition) is 3. The number of thioether (sulfide) groups is 1. The molecular weight excluding hydrogens is 158 g/mol. The molecular formula is C7H15N3S. The van der Waals surface area contributed by atoms with E-state index in [0.717, 1.165) is 12.8 Å². The molecule has 3 nitrogen and oxygen atoms in total. The molecule has 0 bridgehead atoms. The van der Waals surface area contributed by atoms with Gasteiger partial charge in [-0.2, -0.15) is 0 Å². The molecule has 3 atom stereocenters. The Morgan fingerprint density at radius 3 is 2.55 bits per heavy atom. The van der Waals surface area contributed by atoms with Crippen LogP contribution in [0.25, 0.3) is 0 Å². The van der Waals surface area contributed by atoms with Crippen molar-refractivity contribution in [3.63, 3.8) is 0 Å². The quantitative estimate of drug-likeness (QED) is 0.421. The number of nitrogens with two attached hydrogens (primary N) is 2. The third-order valence-corrected chi connectivity index (χ3v) is 3.82. The highest BCUT2D eigenvalue weighted by Gasteiger charge is 2.29. The average Bonchev–Trinajstić information content (AvgIpc) is 2.33. The number of rotatable bonds is 2. The molecule has 64 valence electrons. The third-order valence-electron chi connectivity index (χ3n) is 1.99. The molecule has 1 rings (SSSR count). The Kier molecular flexibility index (Phi) is 2.78. The summed E-state index contributed by atoms with van der Waals surface area (Å²) in [5.74, 6) is 0.304. The Morgan fingerprint density at radius 1 is 1.64 bits per heavy atom. The topological polar surface area (TPSA) is 75.9 Å². The van der Waals surface area contributed by atoms with E-state index < -0.39 is 0 Å². The molecule has 5 N–H and O–H groups in total. The molecule has 1 aliphatic heterocycles. The van der Waals surface area contributed by atoms with E-state index in [1.807, 2.05) is 6.92 Å². The van der Waals surface area contributed by atoms with E-state index in [2.05, 4.69) is 0 Å². The minimum absolute atomic E-state index is 0.226. The molecule has 0 saturated carbocycles. The summed E-state index contributed by atoms with van der Waals surface area (Å²) >= 11 is 1.75. The number of nitrogens with one attached hydrogen (secondary N) is 1. The molecule has 0 aromatic rings. The molecule has 1 fully saturated rings. The summed E-state index contributed by atoms with van der Waals surface area (Å²) in [6.07, 6.45) is 2.12. The number of hydrogen-bond acceptors (Lipinski definition) is 3. The van der Waals surface area contributed by atoms with E-state index in [9.17, 15) is 0 Å². The van der Waals surface area contributed by atoms with Gasteiger partial charge >= 0.3 is 0 Å². The smallest absolute Gasteiger partial charge is 0.104 e. The fraction of sp³-hybridized carbons (Fsp3) is 0.857. The molecule has 1 aliphatic rings. The Bertz CT molecular complexity index is 158. The first-order valence-electron chi connectivity index (χ1n) is 3.86. The fourth-order valence-electron chi connectivity index (χ4n) is 1.28. The second-order valence-corrected chi connectivity index (χ2v) is 4.50. The van der Waals surface area contributed by atoms with Gasteiger partial charge in [0.05, 0.1) is 5.25 Å². The van der Waals surface area contributed by atoms with E-state index >= 15 is 0 Å². The predicted molar refractivity (Wildman–Crippen MR) is 50.0 cm³/mol. The van der Waals surface area contributed by atoms with Crippen molar-refractivity contribution in [2.24, 2.45) is 11.5 Å². The molecule has 0 aliphatic carbocycles. The van der Waals surface area contributed by atoms with Gasteiger partial charge in [-0.05, 0) is 19.8 Å². The lowest BCUT2D eigenvalue weighted by Gasteiger charge is -2.13. The standard InChI is InChI=1S/C7H15N3S/c1-4(8)5-2-3-6(11-5)7(9)10/h4-6H,2-3,8H2,1H3,(H3,9,10)/t4-,5?,6?/m1/s1. The summed E-state index contributed by atoms with van der Waals surface area (Å²) in [5, 5.41) is 7.97. The Balaban J connectivity index is 2.41. The van der Waals surface area contributed by atoms with Crippen LogP contribution in [0.1, 0.15) is 19.8 Å². The minimum Gasteiger partial charge on any atom is -0.387 e. The zero-order chi connectivity index (χ0) is 8.43. The summed E-state index contributed by atoms with van der Waals surface area (Å²) in [4.78, 5) is 0. The Labute approximate surface area is 71.4 Å². The normalized spacial score (nSPS) is 33.6. The maximum absolute atomic E-state index is 7.24. The van der Waals surface area contributed by atoms with Gasteiger partial charge in [-0.25, -0.2) is 0 Å². The van der Waals surface area contributed by atoms with Gasteiger partial charge in [0.25, 0.3) is 0 Å². The van der Waals surface area contributed by atoms with Crippen molar-refractivity contribution in [3.8, 4) is 0 Å².